The molecule has 0 spiro atoms. The predicted octanol–water partition coefficient (Wildman–Crippen LogP) is 5.40. The molecule has 1 aromatic heterocycles. The van der Waals surface area contributed by atoms with E-state index in [0.717, 1.165) is 11.3 Å². The van der Waals surface area contributed by atoms with Gasteiger partial charge in [-0.2, -0.15) is 0 Å². The van der Waals surface area contributed by atoms with Gasteiger partial charge >= 0.3 is 0 Å². The highest BCUT2D eigenvalue weighted by Crippen LogP contribution is 2.25. The third-order valence-corrected chi connectivity index (χ3v) is 4.53. The molecule has 7 heteroatoms. The molecule has 3 aromatic rings. The van der Waals surface area contributed by atoms with E-state index >= 15 is 0 Å². The molecule has 134 valence electrons. The highest BCUT2D eigenvalue weighted by Gasteiger charge is 2.08. The lowest BCUT2D eigenvalue weighted by atomic mass is 10.2. The van der Waals surface area contributed by atoms with Crippen molar-refractivity contribution < 1.29 is 13.9 Å². The summed E-state index contributed by atoms with van der Waals surface area (Å²) in [5, 5.41) is 5.77. The van der Waals surface area contributed by atoms with E-state index in [0.29, 0.717) is 35.3 Å². The monoisotopic (exact) mass is 390 g/mol. The first-order chi connectivity index (χ1) is 12.6. The summed E-state index contributed by atoms with van der Waals surface area (Å²) >= 11 is 7.14. The van der Waals surface area contributed by atoms with Crippen molar-refractivity contribution in [3.05, 3.63) is 64.8 Å². The van der Waals surface area contributed by atoms with E-state index in [4.69, 9.17) is 16.3 Å². The summed E-state index contributed by atoms with van der Waals surface area (Å²) in [6, 6.07) is 13.2. The van der Waals surface area contributed by atoms with Gasteiger partial charge in [0.2, 0.25) is 5.91 Å². The number of carbonyl (C=O) groups excluding carboxylic acids is 1. The molecule has 0 aliphatic carbocycles. The number of hydrogen-bond acceptors (Lipinski definition) is 4. The van der Waals surface area contributed by atoms with Gasteiger partial charge < -0.3 is 10.1 Å². The van der Waals surface area contributed by atoms with Gasteiger partial charge in [0.05, 0.1) is 12.3 Å². The maximum Gasteiger partial charge on any atom is 0.226 e. The smallest absolute Gasteiger partial charge is 0.226 e. The summed E-state index contributed by atoms with van der Waals surface area (Å²) in [7, 11) is 0. The first kappa shape index (κ1) is 18.4. The fourth-order valence-corrected chi connectivity index (χ4v) is 3.08. The zero-order valence-electron chi connectivity index (χ0n) is 13.7. The minimum Gasteiger partial charge on any atom is -0.494 e. The van der Waals surface area contributed by atoms with Crippen LogP contribution in [0.3, 0.4) is 0 Å². The number of nitrogens with zero attached hydrogens (tertiary/aromatic N) is 1. The van der Waals surface area contributed by atoms with Gasteiger partial charge in [-0.05, 0) is 55.0 Å². The van der Waals surface area contributed by atoms with Gasteiger partial charge in [-0.15, -0.1) is 11.3 Å². The Balaban J connectivity index is 1.43. The number of anilines is 1. The van der Waals surface area contributed by atoms with Gasteiger partial charge in [0.1, 0.15) is 11.6 Å². The van der Waals surface area contributed by atoms with Crippen LogP contribution in [0, 0.1) is 5.82 Å². The zero-order chi connectivity index (χ0) is 18.4. The Labute approximate surface area is 159 Å². The Morgan fingerprint density at radius 2 is 1.88 bits per heavy atom. The summed E-state index contributed by atoms with van der Waals surface area (Å²) in [5.74, 6) is 0.307. The number of benzene rings is 2. The molecular formula is C19H16ClFN2O2S. The fourth-order valence-electron chi connectivity index (χ4n) is 2.22. The Morgan fingerprint density at radius 3 is 2.62 bits per heavy atom. The number of carbonyl (C=O) groups is 1. The minimum atomic E-state index is -0.293. The van der Waals surface area contributed by atoms with Crippen LogP contribution in [-0.4, -0.2) is 17.5 Å². The van der Waals surface area contributed by atoms with Gasteiger partial charge in [0.15, 0.2) is 5.13 Å². The fraction of sp³-hybridized carbons (Fsp3) is 0.158. The molecule has 0 saturated carbocycles. The molecule has 4 nitrogen and oxygen atoms in total. The van der Waals surface area contributed by atoms with Crippen molar-refractivity contribution in [3.63, 3.8) is 0 Å². The summed E-state index contributed by atoms with van der Waals surface area (Å²) in [4.78, 5) is 16.3. The van der Waals surface area contributed by atoms with Gasteiger partial charge in [-0.1, -0.05) is 11.6 Å². The maximum atomic E-state index is 13.0. The molecule has 1 heterocycles. The zero-order valence-corrected chi connectivity index (χ0v) is 15.3. The second kappa shape index (κ2) is 8.78. The van der Waals surface area contributed by atoms with Crippen LogP contribution in [-0.2, 0) is 4.79 Å². The van der Waals surface area contributed by atoms with E-state index in [1.807, 2.05) is 5.38 Å². The van der Waals surface area contributed by atoms with E-state index in [1.54, 1.807) is 36.4 Å². The van der Waals surface area contributed by atoms with E-state index in [2.05, 4.69) is 10.3 Å². The summed E-state index contributed by atoms with van der Waals surface area (Å²) in [6.45, 7) is 0.438. The largest absolute Gasteiger partial charge is 0.494 e. The van der Waals surface area contributed by atoms with Crippen LogP contribution in [0.4, 0.5) is 9.52 Å². The van der Waals surface area contributed by atoms with Crippen molar-refractivity contribution in [3.8, 4) is 17.0 Å². The van der Waals surface area contributed by atoms with Gasteiger partial charge in [0.25, 0.3) is 0 Å². The lowest BCUT2D eigenvalue weighted by molar-refractivity contribution is -0.116. The van der Waals surface area contributed by atoms with E-state index in [9.17, 15) is 9.18 Å². The molecule has 3 rings (SSSR count). The van der Waals surface area contributed by atoms with Crippen molar-refractivity contribution in [2.75, 3.05) is 11.9 Å². The normalized spacial score (nSPS) is 10.5. The molecule has 2 aromatic carbocycles. The van der Waals surface area contributed by atoms with Crippen LogP contribution in [0.15, 0.2) is 53.9 Å². The quantitative estimate of drug-likeness (QED) is 0.549. The number of thiazole rings is 1. The molecule has 1 N–H and O–H groups in total. The van der Waals surface area contributed by atoms with Crippen molar-refractivity contribution in [2.24, 2.45) is 0 Å². The van der Waals surface area contributed by atoms with Gasteiger partial charge in [0, 0.05) is 22.4 Å². The Hall–Kier alpha value is -2.44. The molecule has 0 saturated heterocycles. The number of amides is 1. The number of ether oxygens (including phenoxy) is 1. The summed E-state index contributed by atoms with van der Waals surface area (Å²) in [5.41, 5.74) is 1.51. The third kappa shape index (κ3) is 5.28. The molecule has 0 radical (unpaired) electrons. The van der Waals surface area contributed by atoms with Crippen molar-refractivity contribution >= 4 is 34.0 Å². The Morgan fingerprint density at radius 1 is 1.15 bits per heavy atom. The average molecular weight is 391 g/mol. The average Bonchev–Trinajstić information content (AvgIpc) is 3.09. The van der Waals surface area contributed by atoms with Crippen LogP contribution in [0.2, 0.25) is 5.02 Å². The third-order valence-electron chi connectivity index (χ3n) is 3.52. The van der Waals surface area contributed by atoms with Crippen molar-refractivity contribution in [2.45, 2.75) is 12.8 Å². The van der Waals surface area contributed by atoms with Crippen LogP contribution < -0.4 is 10.1 Å². The Bertz CT molecular complexity index is 866. The van der Waals surface area contributed by atoms with Crippen LogP contribution in [0.5, 0.6) is 5.75 Å². The van der Waals surface area contributed by atoms with E-state index in [-0.39, 0.29) is 11.7 Å². The van der Waals surface area contributed by atoms with Crippen molar-refractivity contribution in [1.29, 1.82) is 0 Å². The number of nitrogens with one attached hydrogen (secondary N) is 1. The first-order valence-electron chi connectivity index (χ1n) is 8.00. The second-order valence-corrected chi connectivity index (χ2v) is 6.79. The minimum absolute atomic E-state index is 0.121. The van der Waals surface area contributed by atoms with Crippen LogP contribution >= 0.6 is 22.9 Å². The molecule has 0 bridgehead atoms. The number of hydrogen-bond donors (Lipinski definition) is 1. The number of rotatable bonds is 7. The standard InChI is InChI=1S/C19H16ClFN2O2S/c20-14-5-9-16(10-6-14)25-11-1-2-18(24)23-19-22-17(12-26-19)13-3-7-15(21)8-4-13/h3-10,12H,1-2,11H2,(H,22,23,24). The summed E-state index contributed by atoms with van der Waals surface area (Å²) in [6.07, 6.45) is 0.920. The molecular weight excluding hydrogens is 375 g/mol. The molecule has 0 aliphatic rings. The molecule has 0 unspecified atom stereocenters. The van der Waals surface area contributed by atoms with Gasteiger partial charge in [-0.3, -0.25) is 4.79 Å². The molecule has 26 heavy (non-hydrogen) atoms. The second-order valence-electron chi connectivity index (χ2n) is 5.50. The highest BCUT2D eigenvalue weighted by atomic mass is 35.5. The highest BCUT2D eigenvalue weighted by molar-refractivity contribution is 7.14. The van der Waals surface area contributed by atoms with E-state index < -0.39 is 0 Å². The SMILES string of the molecule is O=C(CCCOc1ccc(Cl)cc1)Nc1nc(-c2ccc(F)cc2)cs1. The molecule has 0 fully saturated rings. The predicted molar refractivity (Wildman–Crippen MR) is 102 cm³/mol. The molecule has 0 atom stereocenters. The van der Waals surface area contributed by atoms with Crippen LogP contribution in [0.1, 0.15) is 12.8 Å². The summed E-state index contributed by atoms with van der Waals surface area (Å²) < 4.78 is 18.5. The molecule has 0 aliphatic heterocycles. The van der Waals surface area contributed by atoms with Crippen LogP contribution in [0.25, 0.3) is 11.3 Å². The van der Waals surface area contributed by atoms with Crippen molar-refractivity contribution in [1.82, 2.24) is 4.98 Å². The lowest BCUT2D eigenvalue weighted by Crippen LogP contribution is -2.12. The maximum absolute atomic E-state index is 13.0. The van der Waals surface area contributed by atoms with Gasteiger partial charge in [-0.25, -0.2) is 9.37 Å². The molecule has 1 amide bonds. The lowest BCUT2D eigenvalue weighted by Gasteiger charge is -2.06. The first-order valence-corrected chi connectivity index (χ1v) is 9.25. The Kier molecular flexibility index (Phi) is 6.20. The number of halogens is 2. The van der Waals surface area contributed by atoms with E-state index in [1.165, 1.54) is 23.5 Å². The topological polar surface area (TPSA) is 51.2 Å². The number of aromatic nitrogens is 1.